The van der Waals surface area contributed by atoms with Crippen molar-refractivity contribution in [3.05, 3.63) is 42.2 Å². The quantitative estimate of drug-likeness (QED) is 0.775. The molecule has 0 aliphatic carbocycles. The fourth-order valence-corrected chi connectivity index (χ4v) is 3.27. The molecule has 2 aromatic rings. The predicted octanol–water partition coefficient (Wildman–Crippen LogP) is 2.66. The minimum absolute atomic E-state index is 0.140. The lowest BCUT2D eigenvalue weighted by Crippen LogP contribution is -2.38. The molecule has 25 heavy (non-hydrogen) atoms. The van der Waals surface area contributed by atoms with Crippen LogP contribution in [0.1, 0.15) is 24.8 Å². The molecule has 1 atom stereocenters. The topological polar surface area (TPSA) is 56.6 Å². The van der Waals surface area contributed by atoms with Gasteiger partial charge in [0, 0.05) is 12.7 Å². The summed E-state index contributed by atoms with van der Waals surface area (Å²) in [6, 6.07) is 7.70. The lowest BCUT2D eigenvalue weighted by atomic mass is 10.2. The van der Waals surface area contributed by atoms with E-state index < -0.39 is 0 Å². The van der Waals surface area contributed by atoms with Crippen molar-refractivity contribution in [1.29, 1.82) is 0 Å². The normalized spacial score (nSPS) is 16.9. The summed E-state index contributed by atoms with van der Waals surface area (Å²) in [5.41, 5.74) is 1.14. The zero-order chi connectivity index (χ0) is 17.6. The molecular weight excluding hydrogens is 318 g/mol. The number of rotatable bonds is 7. The summed E-state index contributed by atoms with van der Waals surface area (Å²) in [5, 5.41) is 4.33. The van der Waals surface area contributed by atoms with Gasteiger partial charge in [0.05, 0.1) is 38.9 Å². The number of aromatic nitrogens is 2. The number of carbonyl (C=O) groups excluding carboxylic acids is 1. The average Bonchev–Trinajstić information content (AvgIpc) is 3.24. The molecule has 1 aliphatic heterocycles. The lowest BCUT2D eigenvalue weighted by molar-refractivity contribution is -0.132. The van der Waals surface area contributed by atoms with Crippen LogP contribution in [-0.4, -0.2) is 46.9 Å². The summed E-state index contributed by atoms with van der Waals surface area (Å²) in [6.45, 7) is 3.95. The number of methoxy groups -OCH3 is 1. The van der Waals surface area contributed by atoms with Crippen molar-refractivity contribution >= 4 is 5.91 Å². The summed E-state index contributed by atoms with van der Waals surface area (Å²) in [4.78, 5) is 14.6. The minimum atomic E-state index is 0.140. The molecule has 0 bridgehead atoms. The first-order chi connectivity index (χ1) is 12.2. The van der Waals surface area contributed by atoms with Gasteiger partial charge >= 0.3 is 0 Å². The van der Waals surface area contributed by atoms with E-state index in [9.17, 15) is 4.79 Å². The number of amides is 1. The highest BCUT2D eigenvalue weighted by Gasteiger charge is 2.28. The van der Waals surface area contributed by atoms with Gasteiger partial charge in [-0.2, -0.15) is 5.10 Å². The zero-order valence-corrected chi connectivity index (χ0v) is 14.9. The summed E-state index contributed by atoms with van der Waals surface area (Å²) in [7, 11) is 1.61. The second-order valence-electron chi connectivity index (χ2n) is 6.37. The molecule has 0 N–H and O–H groups in total. The highest BCUT2D eigenvalue weighted by atomic mass is 16.5. The number of hydrogen-bond donors (Lipinski definition) is 0. The zero-order valence-electron chi connectivity index (χ0n) is 14.9. The lowest BCUT2D eigenvalue weighted by Gasteiger charge is -2.25. The van der Waals surface area contributed by atoms with Crippen LogP contribution in [0.25, 0.3) is 0 Å². The van der Waals surface area contributed by atoms with E-state index in [1.165, 1.54) is 0 Å². The highest BCUT2D eigenvalue weighted by Crippen LogP contribution is 2.26. The molecule has 3 rings (SSSR count). The van der Waals surface area contributed by atoms with E-state index in [0.717, 1.165) is 31.5 Å². The van der Waals surface area contributed by atoms with Crippen LogP contribution < -0.4 is 9.47 Å². The number of benzene rings is 1. The Morgan fingerprint density at radius 1 is 1.32 bits per heavy atom. The van der Waals surface area contributed by atoms with Crippen molar-refractivity contribution in [3.63, 3.8) is 0 Å². The minimum Gasteiger partial charge on any atom is -0.493 e. The van der Waals surface area contributed by atoms with Crippen molar-refractivity contribution in [2.75, 3.05) is 20.3 Å². The molecule has 1 fully saturated rings. The Bertz CT molecular complexity index is 713. The molecule has 1 aromatic heterocycles. The Labute approximate surface area is 148 Å². The smallest absolute Gasteiger partial charge is 0.226 e. The van der Waals surface area contributed by atoms with Crippen molar-refractivity contribution in [2.45, 2.75) is 38.8 Å². The monoisotopic (exact) mass is 343 g/mol. The van der Waals surface area contributed by atoms with E-state index in [1.54, 1.807) is 7.11 Å². The third-order valence-electron chi connectivity index (χ3n) is 4.50. The fourth-order valence-electron chi connectivity index (χ4n) is 3.27. The molecular formula is C19H25N3O3. The van der Waals surface area contributed by atoms with Gasteiger partial charge in [0.2, 0.25) is 5.91 Å². The Morgan fingerprint density at radius 2 is 2.12 bits per heavy atom. The SMILES string of the molecule is COc1ccccc1OCCC(=O)N1CCC[C@@H]1Cn1cc(C)cn1. The van der Waals surface area contributed by atoms with Crippen molar-refractivity contribution in [3.8, 4) is 11.5 Å². The number of ether oxygens (including phenoxy) is 2. The molecule has 134 valence electrons. The predicted molar refractivity (Wildman–Crippen MR) is 94.8 cm³/mol. The van der Waals surface area contributed by atoms with Gasteiger partial charge in [-0.05, 0) is 37.5 Å². The standard InChI is InChI=1S/C19H25N3O3/c1-15-12-20-21(13-15)14-16-6-5-10-22(16)19(23)9-11-25-18-8-4-3-7-17(18)24-2/h3-4,7-8,12-13,16H,5-6,9-11,14H2,1-2H3/t16-/m1/s1. The third-order valence-corrected chi connectivity index (χ3v) is 4.50. The Hall–Kier alpha value is -2.50. The second kappa shape index (κ2) is 8.05. The van der Waals surface area contributed by atoms with Crippen molar-refractivity contribution in [1.82, 2.24) is 14.7 Å². The number of likely N-dealkylation sites (tertiary alicyclic amines) is 1. The summed E-state index contributed by atoms with van der Waals surface area (Å²) < 4.78 is 12.9. The number of para-hydroxylation sites is 2. The molecule has 1 aliphatic rings. The van der Waals surface area contributed by atoms with Crippen LogP contribution in [0, 0.1) is 6.92 Å². The van der Waals surface area contributed by atoms with E-state index in [-0.39, 0.29) is 11.9 Å². The summed E-state index contributed by atoms with van der Waals surface area (Å²) >= 11 is 0. The van der Waals surface area contributed by atoms with Crippen molar-refractivity contribution in [2.24, 2.45) is 0 Å². The summed E-state index contributed by atoms with van der Waals surface area (Å²) in [5.74, 6) is 1.49. The van der Waals surface area contributed by atoms with Crippen LogP contribution in [0.5, 0.6) is 11.5 Å². The number of nitrogens with zero attached hydrogens (tertiary/aromatic N) is 3. The fraction of sp³-hybridized carbons (Fsp3) is 0.474. The van der Waals surface area contributed by atoms with Crippen LogP contribution in [-0.2, 0) is 11.3 Å². The van der Waals surface area contributed by atoms with Gasteiger partial charge in [0.15, 0.2) is 11.5 Å². The number of aryl methyl sites for hydroxylation is 1. The van der Waals surface area contributed by atoms with Gasteiger partial charge in [0.25, 0.3) is 0 Å². The molecule has 6 nitrogen and oxygen atoms in total. The van der Waals surface area contributed by atoms with E-state index in [0.29, 0.717) is 24.5 Å². The first-order valence-electron chi connectivity index (χ1n) is 8.71. The number of hydrogen-bond acceptors (Lipinski definition) is 4. The van der Waals surface area contributed by atoms with Crippen molar-refractivity contribution < 1.29 is 14.3 Å². The Balaban J connectivity index is 1.51. The van der Waals surface area contributed by atoms with Crippen LogP contribution >= 0.6 is 0 Å². The Morgan fingerprint density at radius 3 is 2.84 bits per heavy atom. The van der Waals surface area contributed by atoms with Crippen LogP contribution in [0.15, 0.2) is 36.7 Å². The molecule has 0 radical (unpaired) electrons. The van der Waals surface area contributed by atoms with Crippen LogP contribution in [0.2, 0.25) is 0 Å². The van der Waals surface area contributed by atoms with Crippen LogP contribution in [0.4, 0.5) is 0 Å². The van der Waals surface area contributed by atoms with Gasteiger partial charge in [0.1, 0.15) is 0 Å². The molecule has 1 saturated heterocycles. The average molecular weight is 343 g/mol. The van der Waals surface area contributed by atoms with Gasteiger partial charge in [-0.25, -0.2) is 0 Å². The van der Waals surface area contributed by atoms with Crippen LogP contribution in [0.3, 0.4) is 0 Å². The molecule has 2 heterocycles. The van der Waals surface area contributed by atoms with Gasteiger partial charge in [-0.15, -0.1) is 0 Å². The molecule has 6 heteroatoms. The molecule has 0 saturated carbocycles. The van der Waals surface area contributed by atoms with E-state index >= 15 is 0 Å². The van der Waals surface area contributed by atoms with Gasteiger partial charge in [-0.3, -0.25) is 9.48 Å². The maximum Gasteiger partial charge on any atom is 0.226 e. The number of carbonyl (C=O) groups is 1. The Kier molecular flexibility index (Phi) is 5.58. The van der Waals surface area contributed by atoms with E-state index in [4.69, 9.17) is 9.47 Å². The second-order valence-corrected chi connectivity index (χ2v) is 6.37. The maximum atomic E-state index is 12.6. The summed E-state index contributed by atoms with van der Waals surface area (Å²) in [6.07, 6.45) is 6.31. The molecule has 0 spiro atoms. The maximum absolute atomic E-state index is 12.6. The molecule has 0 unspecified atom stereocenters. The van der Waals surface area contributed by atoms with Gasteiger partial charge < -0.3 is 14.4 Å². The molecule has 1 aromatic carbocycles. The first kappa shape index (κ1) is 17.3. The molecule has 1 amide bonds. The largest absolute Gasteiger partial charge is 0.493 e. The first-order valence-corrected chi connectivity index (χ1v) is 8.71. The van der Waals surface area contributed by atoms with Gasteiger partial charge in [-0.1, -0.05) is 12.1 Å². The van der Waals surface area contributed by atoms with E-state index in [1.807, 2.05) is 53.2 Å². The highest BCUT2D eigenvalue weighted by molar-refractivity contribution is 5.77. The van der Waals surface area contributed by atoms with E-state index in [2.05, 4.69) is 5.10 Å². The third kappa shape index (κ3) is 4.32.